The van der Waals surface area contributed by atoms with Crippen LogP contribution in [-0.2, 0) is 37.0 Å². The molecular formula is C28H43N5O5SSi. The first kappa shape index (κ1) is 30.4. The van der Waals surface area contributed by atoms with Gasteiger partial charge in [0.2, 0.25) is 21.8 Å². The molecule has 0 radical (unpaired) electrons. The van der Waals surface area contributed by atoms with Crippen LogP contribution in [0.4, 0.5) is 0 Å². The molecule has 4 rings (SSSR count). The Morgan fingerprint density at radius 3 is 2.60 bits per heavy atom. The normalized spacial score (nSPS) is 20.6. The summed E-state index contributed by atoms with van der Waals surface area (Å²) in [5, 5.41) is 10.5. The van der Waals surface area contributed by atoms with Crippen molar-refractivity contribution in [3.05, 3.63) is 47.3 Å². The zero-order valence-corrected chi connectivity index (χ0v) is 26.3. The van der Waals surface area contributed by atoms with Crippen LogP contribution in [0.1, 0.15) is 62.9 Å². The molecule has 2 N–H and O–H groups in total. The van der Waals surface area contributed by atoms with Crippen molar-refractivity contribution in [3.8, 4) is 0 Å². The van der Waals surface area contributed by atoms with Crippen molar-refractivity contribution in [2.45, 2.75) is 95.0 Å². The molecule has 1 aliphatic heterocycles. The van der Waals surface area contributed by atoms with Gasteiger partial charge in [0.1, 0.15) is 6.04 Å². The SMILES string of the molecule is Cc1ccc(S(=O)(=O)N2CCNC(=O)[C@H]2CC(=O)NC2CCCc3c2cnn3CCO[Si](C)(C)C(C)(C)C)cc1. The second-order valence-corrected chi connectivity index (χ2v) is 19.0. The maximum Gasteiger partial charge on any atom is 0.243 e. The molecule has 1 aliphatic carbocycles. The average Bonchev–Trinajstić information content (AvgIpc) is 3.28. The Hall–Kier alpha value is -2.54. The number of amides is 2. The highest BCUT2D eigenvalue weighted by Crippen LogP contribution is 2.36. The quantitative estimate of drug-likeness (QED) is 0.433. The van der Waals surface area contributed by atoms with E-state index in [1.54, 1.807) is 12.1 Å². The van der Waals surface area contributed by atoms with Crippen LogP contribution in [0.2, 0.25) is 18.1 Å². The third kappa shape index (κ3) is 6.50. The molecule has 1 unspecified atom stereocenters. The number of fused-ring (bicyclic) bond motifs is 1. The average molecular weight is 590 g/mol. The molecule has 0 spiro atoms. The van der Waals surface area contributed by atoms with Crippen LogP contribution in [0.25, 0.3) is 0 Å². The van der Waals surface area contributed by atoms with E-state index in [1.165, 1.54) is 12.1 Å². The lowest BCUT2D eigenvalue weighted by atomic mass is 9.92. The first-order chi connectivity index (χ1) is 18.7. The van der Waals surface area contributed by atoms with Gasteiger partial charge in [-0.15, -0.1) is 0 Å². The number of benzene rings is 1. The predicted octanol–water partition coefficient (Wildman–Crippen LogP) is 3.29. The van der Waals surface area contributed by atoms with E-state index in [4.69, 9.17) is 4.43 Å². The Bertz CT molecular complexity index is 1330. The second-order valence-electron chi connectivity index (χ2n) is 12.3. The van der Waals surface area contributed by atoms with E-state index in [9.17, 15) is 18.0 Å². The van der Waals surface area contributed by atoms with Crippen LogP contribution in [0.15, 0.2) is 35.4 Å². The maximum absolute atomic E-state index is 13.4. The standard InChI is InChI=1S/C28H43N5O5SSi/c1-20-10-12-21(13-11-20)39(36,37)33-15-14-29-27(35)25(33)18-26(34)31-23-8-7-9-24-22(23)19-30-32(24)16-17-38-40(5,6)28(2,3)4/h10-13,19,23,25H,7-9,14-18H2,1-6H3,(H,29,35)(H,31,34)/t23?,25-/m1/s1. The molecular weight excluding hydrogens is 546 g/mol. The maximum atomic E-state index is 13.4. The summed E-state index contributed by atoms with van der Waals surface area (Å²) in [5.41, 5.74) is 3.00. The third-order valence-electron chi connectivity index (χ3n) is 8.46. The number of sulfonamides is 1. The van der Waals surface area contributed by atoms with Crippen LogP contribution in [0.3, 0.4) is 0 Å². The molecule has 2 amide bonds. The van der Waals surface area contributed by atoms with Gasteiger partial charge in [0.25, 0.3) is 0 Å². The topological polar surface area (TPSA) is 123 Å². The summed E-state index contributed by atoms with van der Waals surface area (Å²) in [7, 11) is -5.80. The van der Waals surface area contributed by atoms with Gasteiger partial charge in [-0.1, -0.05) is 38.5 Å². The fourth-order valence-electron chi connectivity index (χ4n) is 5.02. The van der Waals surface area contributed by atoms with Crippen molar-refractivity contribution in [2.24, 2.45) is 0 Å². The van der Waals surface area contributed by atoms with Gasteiger partial charge in [-0.2, -0.15) is 9.40 Å². The number of carbonyl (C=O) groups excluding carboxylic acids is 2. The molecule has 220 valence electrons. The van der Waals surface area contributed by atoms with Gasteiger partial charge < -0.3 is 15.1 Å². The van der Waals surface area contributed by atoms with Crippen LogP contribution in [0, 0.1) is 6.92 Å². The van der Waals surface area contributed by atoms with Crippen molar-refractivity contribution in [1.29, 1.82) is 0 Å². The van der Waals surface area contributed by atoms with E-state index in [1.807, 2.05) is 17.8 Å². The summed E-state index contributed by atoms with van der Waals surface area (Å²) in [6.07, 6.45) is 4.08. The summed E-state index contributed by atoms with van der Waals surface area (Å²) in [6.45, 7) is 14.5. The number of aryl methyl sites for hydroxylation is 1. The Kier molecular flexibility index (Phi) is 8.93. The van der Waals surface area contributed by atoms with Crippen molar-refractivity contribution in [1.82, 2.24) is 24.7 Å². The molecule has 2 aliphatic rings. The minimum absolute atomic E-state index is 0.108. The third-order valence-corrected chi connectivity index (χ3v) is 14.9. The summed E-state index contributed by atoms with van der Waals surface area (Å²) in [6, 6.07) is 5.16. The van der Waals surface area contributed by atoms with E-state index in [0.717, 1.165) is 40.4 Å². The van der Waals surface area contributed by atoms with Crippen LogP contribution < -0.4 is 10.6 Å². The Balaban J connectivity index is 1.43. The number of nitrogens with one attached hydrogen (secondary N) is 2. The van der Waals surface area contributed by atoms with Gasteiger partial charge >= 0.3 is 0 Å². The molecule has 0 saturated carbocycles. The Labute approximate surface area is 239 Å². The number of hydrogen-bond acceptors (Lipinski definition) is 6. The second kappa shape index (κ2) is 11.7. The Morgan fingerprint density at radius 2 is 1.93 bits per heavy atom. The van der Waals surface area contributed by atoms with Gasteiger partial charge in [-0.05, 0) is 56.5 Å². The number of carbonyl (C=O) groups is 2. The zero-order valence-electron chi connectivity index (χ0n) is 24.5. The Morgan fingerprint density at radius 1 is 1.23 bits per heavy atom. The van der Waals surface area contributed by atoms with Gasteiger partial charge in [0.15, 0.2) is 8.32 Å². The van der Waals surface area contributed by atoms with E-state index in [0.29, 0.717) is 13.2 Å². The monoisotopic (exact) mass is 589 g/mol. The molecule has 40 heavy (non-hydrogen) atoms. The molecule has 12 heteroatoms. The lowest BCUT2D eigenvalue weighted by Crippen LogP contribution is -2.58. The summed E-state index contributed by atoms with van der Waals surface area (Å²) in [5.74, 6) is -0.825. The van der Waals surface area contributed by atoms with Crippen LogP contribution in [-0.4, -0.2) is 68.4 Å². The first-order valence-electron chi connectivity index (χ1n) is 14.0. The van der Waals surface area contributed by atoms with Crippen molar-refractivity contribution >= 4 is 30.2 Å². The van der Waals surface area contributed by atoms with E-state index in [2.05, 4.69) is 49.6 Å². The molecule has 1 saturated heterocycles. The van der Waals surface area contributed by atoms with E-state index < -0.39 is 30.3 Å². The largest absolute Gasteiger partial charge is 0.415 e. The van der Waals surface area contributed by atoms with Crippen molar-refractivity contribution < 1.29 is 22.4 Å². The predicted molar refractivity (Wildman–Crippen MR) is 156 cm³/mol. The molecule has 0 bridgehead atoms. The number of nitrogens with zero attached hydrogens (tertiary/aromatic N) is 3. The lowest BCUT2D eigenvalue weighted by molar-refractivity contribution is -0.132. The highest BCUT2D eigenvalue weighted by Gasteiger charge is 2.40. The van der Waals surface area contributed by atoms with Gasteiger partial charge in [0, 0.05) is 24.3 Å². The summed E-state index contributed by atoms with van der Waals surface area (Å²) in [4.78, 5) is 26.1. The van der Waals surface area contributed by atoms with Gasteiger partial charge in [-0.25, -0.2) is 8.42 Å². The number of hydrogen-bond donors (Lipinski definition) is 2. The van der Waals surface area contributed by atoms with E-state index in [-0.39, 0.29) is 41.4 Å². The minimum atomic E-state index is -3.94. The zero-order chi connectivity index (χ0) is 29.3. The molecule has 1 aromatic carbocycles. The minimum Gasteiger partial charge on any atom is -0.415 e. The lowest BCUT2D eigenvalue weighted by Gasteiger charge is -2.36. The summed E-state index contributed by atoms with van der Waals surface area (Å²) >= 11 is 0. The highest BCUT2D eigenvalue weighted by atomic mass is 32.2. The van der Waals surface area contributed by atoms with Gasteiger partial charge in [0.05, 0.1) is 36.7 Å². The molecule has 2 atom stereocenters. The van der Waals surface area contributed by atoms with Gasteiger partial charge in [-0.3, -0.25) is 14.3 Å². The van der Waals surface area contributed by atoms with E-state index >= 15 is 0 Å². The smallest absolute Gasteiger partial charge is 0.243 e. The highest BCUT2D eigenvalue weighted by molar-refractivity contribution is 7.89. The molecule has 2 heterocycles. The number of piperazine rings is 1. The molecule has 1 aromatic heterocycles. The first-order valence-corrected chi connectivity index (χ1v) is 18.4. The molecule has 10 nitrogen and oxygen atoms in total. The fraction of sp³-hybridized carbons (Fsp3) is 0.607. The van der Waals surface area contributed by atoms with Crippen LogP contribution in [0.5, 0.6) is 0 Å². The molecule has 2 aromatic rings. The van der Waals surface area contributed by atoms with Crippen molar-refractivity contribution in [2.75, 3.05) is 19.7 Å². The molecule has 1 fully saturated rings. The van der Waals surface area contributed by atoms with Crippen molar-refractivity contribution in [3.63, 3.8) is 0 Å². The number of rotatable bonds is 9. The summed E-state index contributed by atoms with van der Waals surface area (Å²) < 4.78 is 36.3. The number of aromatic nitrogens is 2. The fourth-order valence-corrected chi connectivity index (χ4v) is 7.64. The van der Waals surface area contributed by atoms with Crippen LogP contribution >= 0.6 is 0 Å².